The van der Waals surface area contributed by atoms with Gasteiger partial charge in [0.05, 0.1) is 11.1 Å². The van der Waals surface area contributed by atoms with Crippen LogP contribution < -0.4 is 5.56 Å². The summed E-state index contributed by atoms with van der Waals surface area (Å²) in [6, 6.07) is 15.8. The molecule has 2 aromatic carbocycles. The van der Waals surface area contributed by atoms with Crippen LogP contribution in [0.3, 0.4) is 0 Å². The summed E-state index contributed by atoms with van der Waals surface area (Å²) < 4.78 is 3.62. The maximum atomic E-state index is 12.5. The summed E-state index contributed by atoms with van der Waals surface area (Å²) in [6.07, 6.45) is 1.91. The predicted octanol–water partition coefficient (Wildman–Crippen LogP) is 4.02. The maximum absolute atomic E-state index is 12.5. The molecule has 0 fully saturated rings. The van der Waals surface area contributed by atoms with Gasteiger partial charge in [0.25, 0.3) is 5.56 Å². The van der Waals surface area contributed by atoms with E-state index in [1.807, 2.05) is 55.6 Å². The van der Waals surface area contributed by atoms with E-state index in [2.05, 4.69) is 15.7 Å². The van der Waals surface area contributed by atoms with Gasteiger partial charge in [-0.15, -0.1) is 0 Å². The average Bonchev–Trinajstić information content (AvgIpc) is 2.93. The third-order valence-electron chi connectivity index (χ3n) is 4.26. The van der Waals surface area contributed by atoms with Crippen molar-refractivity contribution in [3.63, 3.8) is 0 Å². The van der Waals surface area contributed by atoms with E-state index >= 15 is 0 Å². The molecule has 0 aromatic heterocycles. The minimum absolute atomic E-state index is 0.0388. The van der Waals surface area contributed by atoms with Crippen LogP contribution in [0.1, 0.15) is 12.5 Å². The van der Waals surface area contributed by atoms with Crippen LogP contribution in [0.2, 0.25) is 5.02 Å². The topological polar surface area (TPSA) is 39.8 Å². The second-order valence-corrected chi connectivity index (χ2v) is 6.22. The van der Waals surface area contributed by atoms with Gasteiger partial charge in [0.1, 0.15) is 5.69 Å². The zero-order valence-electron chi connectivity index (χ0n) is 13.2. The molecule has 2 heterocycles. The highest BCUT2D eigenvalue weighted by molar-refractivity contribution is 6.30. The summed E-state index contributed by atoms with van der Waals surface area (Å²) in [7, 11) is 0. The van der Waals surface area contributed by atoms with Crippen LogP contribution in [0.5, 0.6) is 0 Å². The monoisotopic (exact) mass is 337 g/mol. The Morgan fingerprint density at radius 1 is 1.08 bits per heavy atom. The SMILES string of the molecule is CCn1nc2c3ccccc3n(Cc3ccc(Cl)cc3)cc-2c1=O. The molecule has 4 rings (SSSR count). The molecule has 0 unspecified atom stereocenters. The van der Waals surface area contributed by atoms with E-state index in [1.165, 1.54) is 4.68 Å². The van der Waals surface area contributed by atoms with Crippen LogP contribution in [-0.4, -0.2) is 14.3 Å². The lowest BCUT2D eigenvalue weighted by atomic mass is 10.1. The molecule has 0 atom stereocenters. The summed E-state index contributed by atoms with van der Waals surface area (Å²) in [6.45, 7) is 3.17. The number of nitrogens with zero attached hydrogens (tertiary/aromatic N) is 3. The number of aromatic nitrogens is 3. The van der Waals surface area contributed by atoms with E-state index in [9.17, 15) is 4.79 Å². The van der Waals surface area contributed by atoms with E-state index in [1.54, 1.807) is 0 Å². The van der Waals surface area contributed by atoms with E-state index in [0.29, 0.717) is 18.7 Å². The molecule has 0 saturated carbocycles. The Labute approximate surface area is 144 Å². The van der Waals surface area contributed by atoms with Crippen LogP contribution in [-0.2, 0) is 13.1 Å². The van der Waals surface area contributed by atoms with Crippen molar-refractivity contribution in [3.05, 3.63) is 75.7 Å². The van der Waals surface area contributed by atoms with Crippen LogP contribution in [0.4, 0.5) is 0 Å². The fourth-order valence-electron chi connectivity index (χ4n) is 3.06. The molecule has 0 aliphatic carbocycles. The second kappa shape index (κ2) is 5.80. The van der Waals surface area contributed by atoms with Gasteiger partial charge in [-0.1, -0.05) is 41.9 Å². The number of hydrogen-bond acceptors (Lipinski definition) is 2. The number of aryl methyl sites for hydroxylation is 1. The van der Waals surface area contributed by atoms with Crippen molar-refractivity contribution in [2.45, 2.75) is 20.0 Å². The zero-order valence-corrected chi connectivity index (χ0v) is 14.0. The van der Waals surface area contributed by atoms with Gasteiger partial charge < -0.3 is 4.57 Å². The number of pyridine rings is 1. The molecule has 5 heteroatoms. The Kier molecular flexibility index (Phi) is 3.62. The summed E-state index contributed by atoms with van der Waals surface area (Å²) >= 11 is 5.97. The van der Waals surface area contributed by atoms with Crippen LogP contribution in [0.25, 0.3) is 22.2 Å². The lowest BCUT2D eigenvalue weighted by Gasteiger charge is -2.14. The summed E-state index contributed by atoms with van der Waals surface area (Å²) in [5.41, 5.74) is 3.57. The van der Waals surface area contributed by atoms with Crippen LogP contribution >= 0.6 is 11.6 Å². The largest absolute Gasteiger partial charge is 0.342 e. The molecule has 120 valence electrons. The van der Waals surface area contributed by atoms with E-state index < -0.39 is 0 Å². The van der Waals surface area contributed by atoms with Crippen molar-refractivity contribution in [3.8, 4) is 11.3 Å². The van der Waals surface area contributed by atoms with Gasteiger partial charge in [-0.05, 0) is 30.7 Å². The van der Waals surface area contributed by atoms with Gasteiger partial charge in [0, 0.05) is 29.7 Å². The summed E-state index contributed by atoms with van der Waals surface area (Å²) in [5, 5.41) is 6.20. The number of para-hydroxylation sites is 1. The molecular formula is C19H16ClN3O. The van der Waals surface area contributed by atoms with Crippen LogP contribution in [0.15, 0.2) is 59.5 Å². The van der Waals surface area contributed by atoms with Gasteiger partial charge in [-0.25, -0.2) is 4.68 Å². The summed E-state index contributed by atoms with van der Waals surface area (Å²) in [5.74, 6) is 0. The van der Waals surface area contributed by atoms with Gasteiger partial charge in [0.15, 0.2) is 0 Å². The third-order valence-corrected chi connectivity index (χ3v) is 4.51. The van der Waals surface area contributed by atoms with Crippen molar-refractivity contribution in [1.82, 2.24) is 14.3 Å². The van der Waals surface area contributed by atoms with Gasteiger partial charge in [-0.2, -0.15) is 5.10 Å². The number of halogens is 1. The number of fused-ring (bicyclic) bond motifs is 3. The summed E-state index contributed by atoms with van der Waals surface area (Å²) in [4.78, 5) is 12.5. The lowest BCUT2D eigenvalue weighted by molar-refractivity contribution is 0.643. The molecule has 0 N–H and O–H groups in total. The molecular weight excluding hydrogens is 322 g/mol. The zero-order chi connectivity index (χ0) is 16.7. The second-order valence-electron chi connectivity index (χ2n) is 5.78. The van der Waals surface area contributed by atoms with Crippen LogP contribution in [0, 0.1) is 0 Å². The molecule has 0 radical (unpaired) electrons. The smallest absolute Gasteiger partial charge is 0.277 e. The van der Waals surface area contributed by atoms with Crippen molar-refractivity contribution in [1.29, 1.82) is 0 Å². The Balaban J connectivity index is 1.96. The van der Waals surface area contributed by atoms with Gasteiger partial charge in [-0.3, -0.25) is 4.79 Å². The molecule has 24 heavy (non-hydrogen) atoms. The minimum atomic E-state index is -0.0388. The third kappa shape index (κ3) is 2.39. The molecule has 2 aromatic rings. The van der Waals surface area contributed by atoms with E-state index in [-0.39, 0.29) is 5.56 Å². The first-order valence-corrected chi connectivity index (χ1v) is 8.28. The van der Waals surface area contributed by atoms with Gasteiger partial charge in [0.2, 0.25) is 0 Å². The first kappa shape index (κ1) is 15.0. The molecule has 4 nitrogen and oxygen atoms in total. The minimum Gasteiger partial charge on any atom is -0.342 e. The lowest BCUT2D eigenvalue weighted by Crippen LogP contribution is -2.15. The molecule has 0 bridgehead atoms. The molecule has 0 amide bonds. The van der Waals surface area contributed by atoms with E-state index in [0.717, 1.165) is 27.2 Å². The quantitative estimate of drug-likeness (QED) is 0.566. The number of hydrogen-bond donors (Lipinski definition) is 0. The standard InChI is InChI=1S/C19H16ClN3O/c1-2-23-19(24)16-12-22(11-13-7-9-14(20)10-8-13)17-6-4-3-5-15(17)18(16)21-23/h3-10,12H,2,11H2,1H3. The highest BCUT2D eigenvalue weighted by Gasteiger charge is 2.19. The van der Waals surface area contributed by atoms with Crippen molar-refractivity contribution in [2.24, 2.45) is 0 Å². The fourth-order valence-corrected chi connectivity index (χ4v) is 3.18. The first-order chi connectivity index (χ1) is 11.7. The first-order valence-electron chi connectivity index (χ1n) is 7.90. The Bertz CT molecular complexity index is 1050. The normalized spacial score (nSPS) is 11.4. The molecule has 0 saturated heterocycles. The van der Waals surface area contributed by atoms with Crippen molar-refractivity contribution in [2.75, 3.05) is 0 Å². The number of rotatable bonds is 3. The predicted molar refractivity (Wildman–Crippen MR) is 96.8 cm³/mol. The molecule has 2 aliphatic rings. The molecule has 2 aliphatic heterocycles. The highest BCUT2D eigenvalue weighted by Crippen LogP contribution is 2.27. The molecule has 0 spiro atoms. The fraction of sp³-hybridized carbons (Fsp3) is 0.158. The average molecular weight is 338 g/mol. The Morgan fingerprint density at radius 2 is 1.83 bits per heavy atom. The Hall–Kier alpha value is -2.59. The van der Waals surface area contributed by atoms with Crippen molar-refractivity contribution >= 4 is 22.5 Å². The Morgan fingerprint density at radius 3 is 2.58 bits per heavy atom. The number of benzene rings is 2. The van der Waals surface area contributed by atoms with Crippen molar-refractivity contribution < 1.29 is 0 Å². The highest BCUT2D eigenvalue weighted by atomic mass is 35.5. The maximum Gasteiger partial charge on any atom is 0.277 e. The van der Waals surface area contributed by atoms with E-state index in [4.69, 9.17) is 11.6 Å². The van der Waals surface area contributed by atoms with Gasteiger partial charge >= 0.3 is 0 Å².